The molecule has 0 bridgehead atoms. The van der Waals surface area contributed by atoms with Crippen molar-refractivity contribution in [3.63, 3.8) is 0 Å². The van der Waals surface area contributed by atoms with Crippen LogP contribution in [0, 0.1) is 37.1 Å². The molecule has 0 saturated carbocycles. The number of aliphatic hydroxyl groups excluding tert-OH is 3. The molecule has 12 N–H and O–H groups in total. The minimum absolute atomic E-state index is 0.158. The van der Waals surface area contributed by atoms with E-state index in [9.17, 15) is 38.5 Å². The summed E-state index contributed by atoms with van der Waals surface area (Å²) in [5, 5.41) is 42.2. The lowest BCUT2D eigenvalue weighted by Crippen LogP contribution is -2.31. The molecule has 0 saturated heterocycles. The Morgan fingerprint density at radius 3 is 1.19 bits per heavy atom. The number of hydrogen-bond donors (Lipinski definition) is 9. The average molecular weight is 1450 g/mol. The van der Waals surface area contributed by atoms with Gasteiger partial charge >= 0.3 is 0 Å². The number of carbonyl (C=O) groups excluding carboxylic acids is 3. The maximum atomic E-state index is 15.1. The molecule has 12 aromatic rings. The van der Waals surface area contributed by atoms with Gasteiger partial charge in [-0.3, -0.25) is 19.1 Å². The Balaban J connectivity index is 0.000000168. The molecule has 0 aliphatic carbocycles. The van der Waals surface area contributed by atoms with Crippen molar-refractivity contribution in [2.45, 2.75) is 38.5 Å². The number of anilines is 3. The number of amides is 3. The Labute approximate surface area is 604 Å². The Hall–Kier alpha value is -11.7. The van der Waals surface area contributed by atoms with Gasteiger partial charge in [0.2, 0.25) is 0 Å². The first kappa shape index (κ1) is 75.0. The summed E-state index contributed by atoms with van der Waals surface area (Å²) in [5.74, 6) is -2.45. The fourth-order valence-electron chi connectivity index (χ4n) is 11.1. The van der Waals surface area contributed by atoms with Gasteiger partial charge in [-0.2, -0.15) is 5.10 Å². The molecule has 28 heteroatoms. The summed E-state index contributed by atoms with van der Waals surface area (Å²) in [6.07, 6.45) is 11.9. The number of aryl methyl sites for hydroxylation is 2. The minimum Gasteiger partial charge on any atom is -0.394 e. The minimum atomic E-state index is -0.888. The van der Waals surface area contributed by atoms with Gasteiger partial charge < -0.3 is 62.3 Å². The van der Waals surface area contributed by atoms with E-state index in [-0.39, 0.29) is 47.4 Å². The van der Waals surface area contributed by atoms with Crippen LogP contribution in [0.25, 0.3) is 67.0 Å². The van der Waals surface area contributed by atoms with Crippen molar-refractivity contribution >= 4 is 58.4 Å². The molecule has 0 unspecified atom stereocenters. The van der Waals surface area contributed by atoms with Gasteiger partial charge in [0.25, 0.3) is 17.7 Å². The number of nitrogen functional groups attached to an aromatic ring is 3. The summed E-state index contributed by atoms with van der Waals surface area (Å²) < 4.78 is 69.2. The number of halogens is 6. The van der Waals surface area contributed by atoms with E-state index in [0.29, 0.717) is 73.3 Å². The van der Waals surface area contributed by atoms with Crippen LogP contribution in [0.1, 0.15) is 77.5 Å². The van der Waals surface area contributed by atoms with E-state index in [1.165, 1.54) is 54.6 Å². The first-order valence-corrected chi connectivity index (χ1v) is 32.9. The van der Waals surface area contributed by atoms with Crippen molar-refractivity contribution in [3.05, 3.63) is 267 Å². The maximum Gasteiger partial charge on any atom is 0.254 e. The Kier molecular flexibility index (Phi) is 24.4. The van der Waals surface area contributed by atoms with Crippen LogP contribution in [0.2, 0.25) is 10.0 Å². The zero-order valence-electron chi connectivity index (χ0n) is 56.7. The van der Waals surface area contributed by atoms with Crippen molar-refractivity contribution < 1.29 is 52.0 Å². The monoisotopic (exact) mass is 1450 g/mol. The number of nitrogens with zero attached hydrogens (tertiary/aromatic N) is 9. The smallest absolute Gasteiger partial charge is 0.254 e. The molecular formula is C76H71Cl2F4N15O7. The van der Waals surface area contributed by atoms with Crippen LogP contribution in [-0.2, 0) is 25.4 Å². The third kappa shape index (κ3) is 17.8. The van der Waals surface area contributed by atoms with Crippen molar-refractivity contribution in [3.8, 4) is 67.0 Å². The molecule has 0 radical (unpaired) electrons. The second kappa shape index (κ2) is 33.9. The van der Waals surface area contributed by atoms with Gasteiger partial charge in [-0.25, -0.2) is 42.5 Å². The van der Waals surface area contributed by atoms with Crippen LogP contribution in [0.3, 0.4) is 0 Å². The van der Waals surface area contributed by atoms with Gasteiger partial charge in [0.15, 0.2) is 0 Å². The van der Waals surface area contributed by atoms with E-state index in [0.717, 1.165) is 45.3 Å². The predicted octanol–water partition coefficient (Wildman–Crippen LogP) is 12.2. The molecule has 12 rings (SSSR count). The summed E-state index contributed by atoms with van der Waals surface area (Å²) in [6.45, 7) is 3.69. The largest absolute Gasteiger partial charge is 0.394 e. The van der Waals surface area contributed by atoms with Gasteiger partial charge in [-0.1, -0.05) is 77.8 Å². The number of aliphatic hydroxyl groups is 3. The van der Waals surface area contributed by atoms with Crippen LogP contribution < -0.4 is 33.2 Å². The standard InChI is InChI=1S/C26H25ClFN5O3.C25H23ClFN5O2.C25H23F2N5O2/c1-36-8-7-33-14-19(13-31-33)18-10-22(25(29)30-12-18)16-5-6-21(23(28)11-16)26(35)32-24(15-34)17-3-2-4-20(27)9-17;2*1-14-29-12-23(32(14)2)17-9-20(24(28)30-11-17)15-6-7-19(21(27)10-15)25(34)31-22(13-33)16-4-3-5-18(26)8-16/h2-6,9-14,24,34H,7-8,15H2,1H3,(H2,29,30)(H,32,35);2*3-12,22,33H,13H2,1-2H3,(H2,28,30)(H,31,34)/t24-;2*22-/m111/s1. The summed E-state index contributed by atoms with van der Waals surface area (Å²) >= 11 is 12.0. The highest BCUT2D eigenvalue weighted by atomic mass is 35.5. The second-order valence-electron chi connectivity index (χ2n) is 23.8. The molecule has 534 valence electrons. The normalized spacial score (nSPS) is 11.9. The predicted molar refractivity (Wildman–Crippen MR) is 390 cm³/mol. The molecule has 104 heavy (non-hydrogen) atoms. The van der Waals surface area contributed by atoms with E-state index in [1.807, 2.05) is 49.3 Å². The van der Waals surface area contributed by atoms with Crippen molar-refractivity contribution in [1.82, 2.24) is 59.8 Å². The zero-order chi connectivity index (χ0) is 74.5. The van der Waals surface area contributed by atoms with Crippen LogP contribution in [0.15, 0.2) is 189 Å². The fourth-order valence-corrected chi connectivity index (χ4v) is 11.5. The van der Waals surface area contributed by atoms with Crippen LogP contribution in [0.4, 0.5) is 35.0 Å². The lowest BCUT2D eigenvalue weighted by Gasteiger charge is -2.17. The van der Waals surface area contributed by atoms with Gasteiger partial charge in [-0.15, -0.1) is 0 Å². The SMILES string of the molecule is COCCn1cc(-c2cnc(N)c(-c3ccc(C(=O)N[C@H](CO)c4cccc(Cl)c4)c(F)c3)c2)cn1.Cc1ncc(-c2cnc(N)c(-c3ccc(C(=O)N[C@H](CO)c4cccc(Cl)c4)c(F)c3)c2)n1C.Cc1ncc(-c2cnc(N)c(-c3ccc(C(=O)N[C@H](CO)c4cccc(F)c4)c(F)c3)c2)n1C. The molecule has 3 atom stereocenters. The van der Waals surface area contributed by atoms with E-state index < -0.39 is 65.7 Å². The number of nitrogens with two attached hydrogens (primary N) is 3. The third-order valence-corrected chi connectivity index (χ3v) is 17.5. The topological polar surface area (TPSA) is 327 Å². The number of pyridine rings is 3. The van der Waals surface area contributed by atoms with Crippen molar-refractivity contribution in [2.75, 3.05) is 50.7 Å². The Morgan fingerprint density at radius 2 is 0.846 bits per heavy atom. The van der Waals surface area contributed by atoms with Gasteiger partial charge in [0.05, 0.1) is 97.8 Å². The molecule has 0 aliphatic heterocycles. The van der Waals surface area contributed by atoms with E-state index in [1.54, 1.807) is 134 Å². The lowest BCUT2D eigenvalue weighted by molar-refractivity contribution is 0.0904. The molecule has 22 nitrogen and oxygen atoms in total. The quantitative estimate of drug-likeness (QED) is 0.0302. The van der Waals surface area contributed by atoms with E-state index in [4.69, 9.17) is 45.1 Å². The highest BCUT2D eigenvalue weighted by Gasteiger charge is 2.24. The number of aromatic nitrogens is 9. The lowest BCUT2D eigenvalue weighted by atomic mass is 10.0. The number of hydrogen-bond acceptors (Lipinski definition) is 16. The van der Waals surface area contributed by atoms with Crippen LogP contribution in [-0.4, -0.2) is 110 Å². The number of benzene rings is 6. The number of imidazole rings is 2. The van der Waals surface area contributed by atoms with E-state index in [2.05, 4.69) is 46.0 Å². The molecular weight excluding hydrogens is 1380 g/mol. The summed E-state index contributed by atoms with van der Waals surface area (Å²) in [7, 11) is 5.40. The Bertz CT molecular complexity index is 4900. The van der Waals surface area contributed by atoms with Gasteiger partial charge in [0.1, 0.15) is 52.4 Å². The van der Waals surface area contributed by atoms with Gasteiger partial charge in [0, 0.05) is 95.0 Å². The number of methoxy groups -OCH3 is 1. The van der Waals surface area contributed by atoms with E-state index >= 15 is 8.78 Å². The van der Waals surface area contributed by atoms with Crippen molar-refractivity contribution in [2.24, 2.45) is 14.1 Å². The highest BCUT2D eigenvalue weighted by Crippen LogP contribution is 2.35. The molecule has 6 aromatic carbocycles. The Morgan fingerprint density at radius 1 is 0.471 bits per heavy atom. The number of ether oxygens (including phenoxy) is 1. The molecule has 0 fully saturated rings. The first-order valence-electron chi connectivity index (χ1n) is 32.1. The van der Waals surface area contributed by atoms with Gasteiger partial charge in [-0.05, 0) is 138 Å². The average Bonchev–Trinajstić information content (AvgIpc) is 1.01. The molecule has 6 aromatic heterocycles. The summed E-state index contributed by atoms with van der Waals surface area (Å²) in [4.78, 5) is 59.5. The fraction of sp³-hybridized carbons (Fsp3) is 0.171. The summed E-state index contributed by atoms with van der Waals surface area (Å²) in [6, 6.07) is 34.6. The molecule has 0 aliphatic rings. The highest BCUT2D eigenvalue weighted by molar-refractivity contribution is 6.31. The molecule has 0 spiro atoms. The zero-order valence-corrected chi connectivity index (χ0v) is 58.2. The molecule has 6 heterocycles. The summed E-state index contributed by atoms with van der Waals surface area (Å²) in [5.41, 5.74) is 27.0. The first-order chi connectivity index (χ1) is 49.9. The number of rotatable bonds is 21. The second-order valence-corrected chi connectivity index (χ2v) is 24.7. The number of carbonyl (C=O) groups is 3. The van der Waals surface area contributed by atoms with Crippen molar-refractivity contribution in [1.29, 1.82) is 0 Å². The van der Waals surface area contributed by atoms with Crippen LogP contribution >= 0.6 is 23.2 Å². The van der Waals surface area contributed by atoms with Crippen LogP contribution in [0.5, 0.6) is 0 Å². The molecule has 3 amide bonds. The maximum absolute atomic E-state index is 15.1. The number of nitrogens with one attached hydrogen (secondary N) is 3. The third-order valence-electron chi connectivity index (χ3n) is 17.1.